The molecule has 1 fully saturated rings. The molecule has 2 heterocycles. The van der Waals surface area contributed by atoms with Gasteiger partial charge in [-0.05, 0) is 39.8 Å². The fraction of sp³-hybridized carbons (Fsp3) is 0.692. The van der Waals surface area contributed by atoms with Crippen LogP contribution < -0.4 is 0 Å². The number of aromatic nitrogens is 2. The first-order valence-corrected chi connectivity index (χ1v) is 6.44. The van der Waals surface area contributed by atoms with E-state index in [1.165, 1.54) is 32.4 Å². The zero-order valence-corrected chi connectivity index (χ0v) is 10.8. The van der Waals surface area contributed by atoms with Gasteiger partial charge in [0.25, 0.3) is 0 Å². The highest BCUT2D eigenvalue weighted by Crippen LogP contribution is 2.12. The summed E-state index contributed by atoms with van der Waals surface area (Å²) in [4.78, 5) is 13.4. The summed E-state index contributed by atoms with van der Waals surface area (Å²) < 4.78 is 1.97. The molecule has 0 unspecified atom stereocenters. The van der Waals surface area contributed by atoms with Crippen LogP contribution in [0.2, 0.25) is 0 Å². The zero-order chi connectivity index (χ0) is 12.3. The van der Waals surface area contributed by atoms with Crippen LogP contribution in [0.1, 0.15) is 41.0 Å². The first-order valence-electron chi connectivity index (χ1n) is 6.44. The van der Waals surface area contributed by atoms with Crippen molar-refractivity contribution in [3.05, 3.63) is 17.0 Å². The Labute approximate surface area is 103 Å². The molecule has 1 saturated heterocycles. The number of carbonyl (C=O) groups excluding carboxylic acids is 1. The second kappa shape index (κ2) is 5.45. The molecule has 1 aliphatic heterocycles. The molecule has 0 bridgehead atoms. The van der Waals surface area contributed by atoms with E-state index in [0.717, 1.165) is 36.3 Å². The maximum atomic E-state index is 10.9. The minimum absolute atomic E-state index is 0.753. The normalized spacial score (nSPS) is 17.3. The minimum Gasteiger partial charge on any atom is -0.301 e. The average Bonchev–Trinajstić information content (AvgIpc) is 2.63. The van der Waals surface area contributed by atoms with Crippen LogP contribution in [0, 0.1) is 13.8 Å². The molecule has 2 rings (SSSR count). The van der Waals surface area contributed by atoms with Crippen LogP contribution in [-0.4, -0.2) is 40.6 Å². The second-order valence-electron chi connectivity index (χ2n) is 4.83. The van der Waals surface area contributed by atoms with Crippen molar-refractivity contribution < 1.29 is 4.79 Å². The highest BCUT2D eigenvalue weighted by Gasteiger charge is 2.13. The highest BCUT2D eigenvalue weighted by atomic mass is 16.1. The van der Waals surface area contributed by atoms with Crippen molar-refractivity contribution in [2.75, 3.05) is 19.6 Å². The van der Waals surface area contributed by atoms with Crippen molar-refractivity contribution in [3.8, 4) is 0 Å². The van der Waals surface area contributed by atoms with E-state index in [9.17, 15) is 4.79 Å². The van der Waals surface area contributed by atoms with E-state index in [-0.39, 0.29) is 0 Å². The molecule has 0 N–H and O–H groups in total. The number of carbonyl (C=O) groups is 1. The molecule has 0 aliphatic carbocycles. The topological polar surface area (TPSA) is 38.1 Å². The van der Waals surface area contributed by atoms with Crippen molar-refractivity contribution in [2.45, 2.75) is 39.7 Å². The smallest absolute Gasteiger partial charge is 0.153 e. The van der Waals surface area contributed by atoms with Crippen molar-refractivity contribution >= 4 is 6.29 Å². The van der Waals surface area contributed by atoms with Crippen LogP contribution in [-0.2, 0) is 6.54 Å². The van der Waals surface area contributed by atoms with Gasteiger partial charge in [-0.25, -0.2) is 0 Å². The number of likely N-dealkylation sites (tertiary alicyclic amines) is 1. The predicted molar refractivity (Wildman–Crippen MR) is 67.4 cm³/mol. The summed E-state index contributed by atoms with van der Waals surface area (Å²) in [6.07, 6.45) is 4.91. The van der Waals surface area contributed by atoms with Crippen LogP contribution in [0.5, 0.6) is 0 Å². The Morgan fingerprint density at radius 2 is 1.88 bits per heavy atom. The third-order valence-electron chi connectivity index (χ3n) is 3.63. The maximum absolute atomic E-state index is 10.9. The van der Waals surface area contributed by atoms with Gasteiger partial charge in [-0.1, -0.05) is 6.42 Å². The Bertz CT molecular complexity index is 392. The molecular formula is C13H21N3O. The number of hydrogen-bond acceptors (Lipinski definition) is 3. The summed E-state index contributed by atoms with van der Waals surface area (Å²) >= 11 is 0. The monoisotopic (exact) mass is 235 g/mol. The van der Waals surface area contributed by atoms with Gasteiger partial charge in [0.2, 0.25) is 0 Å². The lowest BCUT2D eigenvalue weighted by atomic mass is 10.1. The first-order chi connectivity index (χ1) is 8.22. The summed E-state index contributed by atoms with van der Waals surface area (Å²) in [5.74, 6) is 0. The molecule has 4 nitrogen and oxygen atoms in total. The van der Waals surface area contributed by atoms with Gasteiger partial charge in [-0.15, -0.1) is 0 Å². The maximum Gasteiger partial charge on any atom is 0.153 e. The molecule has 0 atom stereocenters. The van der Waals surface area contributed by atoms with Gasteiger partial charge in [0.05, 0.1) is 17.8 Å². The average molecular weight is 235 g/mol. The highest BCUT2D eigenvalue weighted by molar-refractivity contribution is 5.77. The Kier molecular flexibility index (Phi) is 3.94. The van der Waals surface area contributed by atoms with E-state index in [4.69, 9.17) is 0 Å². The molecular weight excluding hydrogens is 214 g/mol. The molecule has 0 amide bonds. The molecule has 1 aromatic heterocycles. The van der Waals surface area contributed by atoms with Gasteiger partial charge >= 0.3 is 0 Å². The van der Waals surface area contributed by atoms with Crippen LogP contribution >= 0.6 is 0 Å². The summed E-state index contributed by atoms with van der Waals surface area (Å²) in [7, 11) is 0. The van der Waals surface area contributed by atoms with Crippen LogP contribution in [0.15, 0.2) is 0 Å². The van der Waals surface area contributed by atoms with E-state index >= 15 is 0 Å². The minimum atomic E-state index is 0.753. The summed E-state index contributed by atoms with van der Waals surface area (Å²) in [5, 5.41) is 4.42. The van der Waals surface area contributed by atoms with Gasteiger partial charge in [0.1, 0.15) is 0 Å². The molecule has 17 heavy (non-hydrogen) atoms. The number of nitrogens with zero attached hydrogens (tertiary/aromatic N) is 3. The third-order valence-corrected chi connectivity index (χ3v) is 3.63. The van der Waals surface area contributed by atoms with Crippen molar-refractivity contribution in [1.29, 1.82) is 0 Å². The van der Waals surface area contributed by atoms with Crippen molar-refractivity contribution in [1.82, 2.24) is 14.7 Å². The van der Waals surface area contributed by atoms with Crippen molar-refractivity contribution in [2.24, 2.45) is 0 Å². The Balaban J connectivity index is 1.96. The molecule has 0 spiro atoms. The zero-order valence-electron chi connectivity index (χ0n) is 10.8. The molecule has 4 heteroatoms. The molecule has 1 aliphatic rings. The predicted octanol–water partition coefficient (Wildman–Crippen LogP) is 1.80. The Morgan fingerprint density at radius 1 is 1.18 bits per heavy atom. The lowest BCUT2D eigenvalue weighted by Crippen LogP contribution is -2.32. The summed E-state index contributed by atoms with van der Waals surface area (Å²) in [5.41, 5.74) is 2.59. The molecule has 0 aromatic carbocycles. The van der Waals surface area contributed by atoms with Crippen molar-refractivity contribution in [3.63, 3.8) is 0 Å². The number of aryl methyl sites for hydroxylation is 1. The number of hydrogen-bond donors (Lipinski definition) is 0. The SMILES string of the molecule is Cc1nn(CCN2CCCCC2)c(C)c1C=O. The van der Waals surface area contributed by atoms with Gasteiger partial charge in [-0.3, -0.25) is 9.48 Å². The fourth-order valence-electron chi connectivity index (χ4n) is 2.52. The molecule has 0 saturated carbocycles. The number of aldehydes is 1. The second-order valence-corrected chi connectivity index (χ2v) is 4.83. The fourth-order valence-corrected chi connectivity index (χ4v) is 2.52. The molecule has 94 valence electrons. The lowest BCUT2D eigenvalue weighted by molar-refractivity contribution is 0.112. The van der Waals surface area contributed by atoms with E-state index in [2.05, 4.69) is 10.00 Å². The summed E-state index contributed by atoms with van der Waals surface area (Å²) in [6, 6.07) is 0. The van der Waals surface area contributed by atoms with E-state index in [0.29, 0.717) is 0 Å². The quantitative estimate of drug-likeness (QED) is 0.747. The number of rotatable bonds is 4. The third kappa shape index (κ3) is 2.75. The van der Waals surface area contributed by atoms with E-state index in [1.807, 2.05) is 18.5 Å². The van der Waals surface area contributed by atoms with Gasteiger partial charge in [-0.2, -0.15) is 5.10 Å². The van der Waals surface area contributed by atoms with Crippen LogP contribution in [0.4, 0.5) is 0 Å². The Hall–Kier alpha value is -1.16. The van der Waals surface area contributed by atoms with Crippen LogP contribution in [0.3, 0.4) is 0 Å². The lowest BCUT2D eigenvalue weighted by Gasteiger charge is -2.26. The molecule has 0 radical (unpaired) electrons. The Morgan fingerprint density at radius 3 is 2.47 bits per heavy atom. The molecule has 1 aromatic rings. The van der Waals surface area contributed by atoms with Gasteiger partial charge in [0.15, 0.2) is 6.29 Å². The summed E-state index contributed by atoms with van der Waals surface area (Å²) in [6.45, 7) is 8.22. The van der Waals surface area contributed by atoms with E-state index in [1.54, 1.807) is 0 Å². The van der Waals surface area contributed by atoms with Crippen LogP contribution in [0.25, 0.3) is 0 Å². The van der Waals surface area contributed by atoms with E-state index < -0.39 is 0 Å². The van der Waals surface area contributed by atoms with Gasteiger partial charge < -0.3 is 4.90 Å². The largest absolute Gasteiger partial charge is 0.301 e. The first kappa shape index (κ1) is 12.3. The standard InChI is InChI=1S/C13H21N3O/c1-11-13(10-17)12(2)16(14-11)9-8-15-6-4-3-5-7-15/h10H,3-9H2,1-2H3. The van der Waals surface area contributed by atoms with Gasteiger partial charge in [0, 0.05) is 12.2 Å². The number of piperidine rings is 1.